The van der Waals surface area contributed by atoms with Crippen LogP contribution in [0.3, 0.4) is 0 Å². The minimum Gasteiger partial charge on any atom is -0.497 e. The predicted molar refractivity (Wildman–Crippen MR) is 127 cm³/mol. The highest BCUT2D eigenvalue weighted by Crippen LogP contribution is 2.40. The molecule has 3 aromatic carbocycles. The van der Waals surface area contributed by atoms with E-state index in [1.54, 1.807) is 27.3 Å². The number of nitrogens with zero attached hydrogens (tertiary/aromatic N) is 2. The highest BCUT2D eigenvalue weighted by molar-refractivity contribution is 6.37. The van der Waals surface area contributed by atoms with Crippen LogP contribution in [0.15, 0.2) is 65.7 Å². The van der Waals surface area contributed by atoms with Crippen LogP contribution in [0.2, 0.25) is 5.02 Å². The number of hydrogen-bond donors (Lipinski definition) is 0. The summed E-state index contributed by atoms with van der Waals surface area (Å²) in [4.78, 5) is 17.0. The SMILES string of the molecule is COc1ccc(COc2cc3ncn(C)c(=O)c3c(Cl)c2OCc2ccc(OC)cc2)cc1. The van der Waals surface area contributed by atoms with E-state index in [1.807, 2.05) is 48.5 Å². The number of fused-ring (bicyclic) bond motifs is 1. The molecule has 1 aromatic heterocycles. The average molecular weight is 467 g/mol. The van der Waals surface area contributed by atoms with Crippen molar-refractivity contribution in [3.63, 3.8) is 0 Å². The molecule has 0 radical (unpaired) electrons. The zero-order chi connectivity index (χ0) is 23.4. The first-order chi connectivity index (χ1) is 16.0. The molecule has 0 saturated carbocycles. The van der Waals surface area contributed by atoms with Crippen LogP contribution in [0.5, 0.6) is 23.0 Å². The molecule has 7 nitrogen and oxygen atoms in total. The summed E-state index contributed by atoms with van der Waals surface area (Å²) in [6.45, 7) is 0.504. The van der Waals surface area contributed by atoms with E-state index in [0.29, 0.717) is 17.0 Å². The number of methoxy groups -OCH3 is 2. The molecule has 0 spiro atoms. The number of rotatable bonds is 8. The lowest BCUT2D eigenvalue weighted by Gasteiger charge is -2.16. The van der Waals surface area contributed by atoms with Crippen molar-refractivity contribution < 1.29 is 18.9 Å². The Bertz CT molecular complexity index is 1320. The van der Waals surface area contributed by atoms with Gasteiger partial charge in [-0.05, 0) is 35.4 Å². The number of aromatic nitrogens is 2. The summed E-state index contributed by atoms with van der Waals surface area (Å²) in [7, 11) is 4.85. The topological polar surface area (TPSA) is 71.8 Å². The Morgan fingerprint density at radius 3 is 1.97 bits per heavy atom. The van der Waals surface area contributed by atoms with Crippen LogP contribution >= 0.6 is 11.6 Å². The lowest BCUT2D eigenvalue weighted by molar-refractivity contribution is 0.256. The number of aryl methyl sites for hydroxylation is 1. The minimum atomic E-state index is -0.263. The van der Waals surface area contributed by atoms with Crippen molar-refractivity contribution >= 4 is 22.5 Å². The van der Waals surface area contributed by atoms with E-state index in [0.717, 1.165) is 22.6 Å². The second-order valence-corrected chi connectivity index (χ2v) is 7.72. The highest BCUT2D eigenvalue weighted by atomic mass is 35.5. The molecule has 0 saturated heterocycles. The second-order valence-electron chi connectivity index (χ2n) is 7.35. The van der Waals surface area contributed by atoms with E-state index in [9.17, 15) is 4.79 Å². The number of hydrogen-bond acceptors (Lipinski definition) is 6. The molecule has 8 heteroatoms. The predicted octanol–water partition coefficient (Wildman–Crippen LogP) is 4.76. The fourth-order valence-electron chi connectivity index (χ4n) is 3.28. The summed E-state index contributed by atoms with van der Waals surface area (Å²) in [6, 6.07) is 16.7. The largest absolute Gasteiger partial charge is 0.497 e. The van der Waals surface area contributed by atoms with Crippen LogP contribution in [0, 0.1) is 0 Å². The van der Waals surface area contributed by atoms with Gasteiger partial charge in [-0.1, -0.05) is 35.9 Å². The maximum absolute atomic E-state index is 12.7. The van der Waals surface area contributed by atoms with Crippen LogP contribution in [0.4, 0.5) is 0 Å². The molecular weight excluding hydrogens is 444 g/mol. The van der Waals surface area contributed by atoms with Gasteiger partial charge >= 0.3 is 0 Å². The molecule has 0 aliphatic heterocycles. The summed E-state index contributed by atoms with van der Waals surface area (Å²) >= 11 is 6.66. The van der Waals surface area contributed by atoms with Crippen molar-refractivity contribution in [1.82, 2.24) is 9.55 Å². The Hall–Kier alpha value is -3.71. The summed E-state index contributed by atoms with van der Waals surface area (Å²) in [6.07, 6.45) is 1.45. The maximum Gasteiger partial charge on any atom is 0.262 e. The highest BCUT2D eigenvalue weighted by Gasteiger charge is 2.19. The van der Waals surface area contributed by atoms with Crippen LogP contribution < -0.4 is 24.5 Å². The Morgan fingerprint density at radius 1 is 0.879 bits per heavy atom. The van der Waals surface area contributed by atoms with E-state index in [-0.39, 0.29) is 29.2 Å². The Morgan fingerprint density at radius 2 is 1.42 bits per heavy atom. The Balaban J connectivity index is 1.67. The van der Waals surface area contributed by atoms with Crippen LogP contribution in [-0.2, 0) is 20.3 Å². The second kappa shape index (κ2) is 9.83. The third kappa shape index (κ3) is 4.88. The van der Waals surface area contributed by atoms with Gasteiger partial charge in [0.15, 0.2) is 11.5 Å². The molecule has 0 bridgehead atoms. The third-order valence-electron chi connectivity index (χ3n) is 5.17. The van der Waals surface area contributed by atoms with Crippen molar-refractivity contribution in [1.29, 1.82) is 0 Å². The van der Waals surface area contributed by atoms with Gasteiger partial charge in [-0.25, -0.2) is 4.98 Å². The third-order valence-corrected chi connectivity index (χ3v) is 5.53. The van der Waals surface area contributed by atoms with Gasteiger partial charge in [-0.2, -0.15) is 0 Å². The summed E-state index contributed by atoms with van der Waals surface area (Å²) in [5.74, 6) is 2.20. The van der Waals surface area contributed by atoms with Gasteiger partial charge in [0.05, 0.1) is 31.4 Å². The lowest BCUT2D eigenvalue weighted by Crippen LogP contribution is -2.17. The van der Waals surface area contributed by atoms with Gasteiger partial charge in [-0.3, -0.25) is 4.79 Å². The molecule has 0 aliphatic carbocycles. The number of ether oxygens (including phenoxy) is 4. The van der Waals surface area contributed by atoms with Gasteiger partial charge in [0, 0.05) is 13.1 Å². The Labute approximate surface area is 196 Å². The molecule has 0 aliphatic rings. The summed E-state index contributed by atoms with van der Waals surface area (Å²) in [5.41, 5.74) is 2.02. The molecule has 0 atom stereocenters. The fourth-order valence-corrected chi connectivity index (χ4v) is 3.61. The molecule has 4 aromatic rings. The smallest absolute Gasteiger partial charge is 0.262 e. The van der Waals surface area contributed by atoms with E-state index in [4.69, 9.17) is 30.5 Å². The summed E-state index contributed by atoms with van der Waals surface area (Å²) < 4.78 is 23.9. The van der Waals surface area contributed by atoms with Crippen LogP contribution in [0.25, 0.3) is 10.9 Å². The van der Waals surface area contributed by atoms with Gasteiger partial charge in [0.25, 0.3) is 5.56 Å². The first kappa shape index (κ1) is 22.5. The van der Waals surface area contributed by atoms with Gasteiger partial charge in [0.1, 0.15) is 29.7 Å². The molecular formula is C25H23ClN2O5. The van der Waals surface area contributed by atoms with Crippen molar-refractivity contribution in [2.45, 2.75) is 13.2 Å². The van der Waals surface area contributed by atoms with Crippen molar-refractivity contribution in [3.05, 3.63) is 87.4 Å². The molecule has 33 heavy (non-hydrogen) atoms. The van der Waals surface area contributed by atoms with Crippen LogP contribution in [-0.4, -0.2) is 23.8 Å². The quantitative estimate of drug-likeness (QED) is 0.373. The maximum atomic E-state index is 12.7. The number of halogens is 1. The molecule has 1 heterocycles. The zero-order valence-corrected chi connectivity index (χ0v) is 19.3. The van der Waals surface area contributed by atoms with E-state index in [1.165, 1.54) is 10.9 Å². The monoisotopic (exact) mass is 466 g/mol. The van der Waals surface area contributed by atoms with Crippen LogP contribution in [0.1, 0.15) is 11.1 Å². The average Bonchev–Trinajstić information content (AvgIpc) is 2.85. The van der Waals surface area contributed by atoms with E-state index >= 15 is 0 Å². The van der Waals surface area contributed by atoms with Gasteiger partial charge < -0.3 is 23.5 Å². The standard InChI is InChI=1S/C25H23ClN2O5/c1-28-15-27-20-12-21(32-13-16-4-8-18(30-2)9-5-16)24(23(26)22(20)25(28)29)33-14-17-6-10-19(31-3)11-7-17/h4-12,15H,13-14H2,1-3H3. The zero-order valence-electron chi connectivity index (χ0n) is 18.5. The molecule has 0 amide bonds. The normalized spacial score (nSPS) is 10.8. The van der Waals surface area contributed by atoms with E-state index < -0.39 is 0 Å². The molecule has 0 fully saturated rings. The first-order valence-corrected chi connectivity index (χ1v) is 10.6. The van der Waals surface area contributed by atoms with E-state index in [2.05, 4.69) is 4.98 Å². The minimum absolute atomic E-state index is 0.166. The molecule has 0 N–H and O–H groups in total. The molecule has 0 unspecified atom stereocenters. The van der Waals surface area contributed by atoms with Gasteiger partial charge in [-0.15, -0.1) is 0 Å². The molecule has 4 rings (SSSR count). The number of benzene rings is 3. The molecule has 170 valence electrons. The van der Waals surface area contributed by atoms with Crippen molar-refractivity contribution in [2.75, 3.05) is 14.2 Å². The lowest BCUT2D eigenvalue weighted by atomic mass is 10.2. The van der Waals surface area contributed by atoms with Gasteiger partial charge in [0.2, 0.25) is 0 Å². The summed E-state index contributed by atoms with van der Waals surface area (Å²) in [5, 5.41) is 0.447. The van der Waals surface area contributed by atoms with Crippen molar-refractivity contribution in [3.8, 4) is 23.0 Å². The first-order valence-electron chi connectivity index (χ1n) is 10.2. The van der Waals surface area contributed by atoms with Crippen molar-refractivity contribution in [2.24, 2.45) is 7.05 Å². The fraction of sp³-hybridized carbons (Fsp3) is 0.200. The Kier molecular flexibility index (Phi) is 6.70.